The molecule has 0 saturated heterocycles. The molecule has 1 aromatic heterocycles. The van der Waals surface area contributed by atoms with Gasteiger partial charge in [0, 0.05) is 20.1 Å². The Kier molecular flexibility index (Phi) is 7.79. The molecule has 0 amide bonds. The van der Waals surface area contributed by atoms with E-state index in [0.29, 0.717) is 6.04 Å². The van der Waals surface area contributed by atoms with Gasteiger partial charge in [-0.15, -0.1) is 0 Å². The highest BCUT2D eigenvalue weighted by Gasteiger charge is 2.18. The van der Waals surface area contributed by atoms with Crippen LogP contribution in [-0.2, 0) is 6.54 Å². The number of hydrogen-bond acceptors (Lipinski definition) is 3. The molecule has 4 nitrogen and oxygen atoms in total. The number of likely N-dealkylation sites (N-methyl/N-ethyl adjacent to an activating group) is 1. The highest BCUT2D eigenvalue weighted by molar-refractivity contribution is 7.07. The number of benzene rings is 1. The zero-order valence-electron chi connectivity index (χ0n) is 14.8. The third kappa shape index (κ3) is 5.35. The molecule has 0 fully saturated rings. The van der Waals surface area contributed by atoms with Gasteiger partial charge in [0.2, 0.25) is 0 Å². The van der Waals surface area contributed by atoms with Crippen LogP contribution in [0.1, 0.15) is 31.0 Å². The van der Waals surface area contributed by atoms with Crippen LogP contribution in [-0.4, -0.2) is 37.5 Å². The molecule has 5 heteroatoms. The van der Waals surface area contributed by atoms with Gasteiger partial charge < -0.3 is 10.6 Å². The van der Waals surface area contributed by atoms with Crippen molar-refractivity contribution in [1.82, 2.24) is 15.5 Å². The minimum absolute atomic E-state index is 0.363. The van der Waals surface area contributed by atoms with Crippen molar-refractivity contribution < 1.29 is 0 Å². The second kappa shape index (κ2) is 10.1. The minimum Gasteiger partial charge on any atom is -0.354 e. The molecule has 2 N–H and O–H groups in total. The van der Waals surface area contributed by atoms with Gasteiger partial charge in [0.15, 0.2) is 5.96 Å². The fourth-order valence-corrected chi connectivity index (χ4v) is 3.49. The maximum Gasteiger partial charge on any atom is 0.191 e. The van der Waals surface area contributed by atoms with E-state index in [1.54, 1.807) is 11.3 Å². The second-order valence-corrected chi connectivity index (χ2v) is 6.37. The highest BCUT2D eigenvalue weighted by atomic mass is 32.1. The van der Waals surface area contributed by atoms with E-state index in [2.05, 4.69) is 75.5 Å². The molecule has 1 aromatic carbocycles. The van der Waals surface area contributed by atoms with Crippen molar-refractivity contribution in [3.05, 3.63) is 58.3 Å². The lowest BCUT2D eigenvalue weighted by molar-refractivity contribution is 0.219. The minimum atomic E-state index is 0.363. The monoisotopic (exact) mass is 344 g/mol. The van der Waals surface area contributed by atoms with Crippen molar-refractivity contribution in [3.63, 3.8) is 0 Å². The molecule has 0 aliphatic rings. The first-order chi connectivity index (χ1) is 11.8. The Morgan fingerprint density at radius 1 is 1.12 bits per heavy atom. The van der Waals surface area contributed by atoms with E-state index in [9.17, 15) is 0 Å². The van der Waals surface area contributed by atoms with Crippen LogP contribution in [0.25, 0.3) is 0 Å². The molecular formula is C19H28N4S. The van der Waals surface area contributed by atoms with E-state index in [-0.39, 0.29) is 0 Å². The molecule has 24 heavy (non-hydrogen) atoms. The second-order valence-electron chi connectivity index (χ2n) is 5.59. The predicted molar refractivity (Wildman–Crippen MR) is 105 cm³/mol. The number of nitrogens with one attached hydrogen (secondary N) is 2. The molecule has 0 bridgehead atoms. The van der Waals surface area contributed by atoms with Crippen molar-refractivity contribution >= 4 is 17.3 Å². The Bertz CT molecular complexity index is 591. The molecule has 2 aromatic rings. The summed E-state index contributed by atoms with van der Waals surface area (Å²) < 4.78 is 0. The number of nitrogens with zero attached hydrogens (tertiary/aromatic N) is 2. The lowest BCUT2D eigenvalue weighted by atomic mass is 10.1. The van der Waals surface area contributed by atoms with Crippen molar-refractivity contribution in [3.8, 4) is 0 Å². The maximum atomic E-state index is 4.35. The molecule has 2 rings (SSSR count). The summed E-state index contributed by atoms with van der Waals surface area (Å²) in [5, 5.41) is 11.3. The molecule has 0 aliphatic carbocycles. The number of guanidine groups is 1. The van der Waals surface area contributed by atoms with Gasteiger partial charge in [-0.25, -0.2) is 0 Å². The van der Waals surface area contributed by atoms with Gasteiger partial charge in [0.1, 0.15) is 0 Å². The maximum absolute atomic E-state index is 4.35. The number of hydrogen-bond donors (Lipinski definition) is 2. The van der Waals surface area contributed by atoms with Crippen LogP contribution >= 0.6 is 11.3 Å². The number of rotatable bonds is 8. The summed E-state index contributed by atoms with van der Waals surface area (Å²) in [7, 11) is 1.82. The van der Waals surface area contributed by atoms with Gasteiger partial charge in [-0.1, -0.05) is 44.2 Å². The van der Waals surface area contributed by atoms with Crippen molar-refractivity contribution in [2.75, 3.05) is 26.7 Å². The fraction of sp³-hybridized carbons (Fsp3) is 0.421. The molecule has 1 atom stereocenters. The van der Waals surface area contributed by atoms with Crippen LogP contribution in [0.3, 0.4) is 0 Å². The van der Waals surface area contributed by atoms with Gasteiger partial charge in [0.05, 0.1) is 6.04 Å². The summed E-state index contributed by atoms with van der Waals surface area (Å²) in [5.41, 5.74) is 2.62. The Labute approximate surface area is 149 Å². The Morgan fingerprint density at radius 3 is 2.46 bits per heavy atom. The van der Waals surface area contributed by atoms with Gasteiger partial charge in [-0.05, 0) is 41.0 Å². The van der Waals surface area contributed by atoms with Gasteiger partial charge >= 0.3 is 0 Å². The summed E-state index contributed by atoms with van der Waals surface area (Å²) in [6.07, 6.45) is 0. The number of thiophene rings is 1. The van der Waals surface area contributed by atoms with Crippen molar-refractivity contribution in [2.45, 2.75) is 26.4 Å². The van der Waals surface area contributed by atoms with Crippen LogP contribution in [0.15, 0.2) is 52.2 Å². The summed E-state index contributed by atoms with van der Waals surface area (Å²) in [6.45, 7) is 8.11. The van der Waals surface area contributed by atoms with Crippen molar-refractivity contribution in [1.29, 1.82) is 0 Å². The summed E-state index contributed by atoms with van der Waals surface area (Å²) in [4.78, 5) is 6.82. The molecule has 0 radical (unpaired) electrons. The normalized spacial score (nSPS) is 13.1. The average molecular weight is 345 g/mol. The zero-order valence-corrected chi connectivity index (χ0v) is 15.6. The van der Waals surface area contributed by atoms with E-state index in [4.69, 9.17) is 0 Å². The predicted octanol–water partition coefficient (Wildman–Crippen LogP) is 3.50. The molecule has 0 saturated carbocycles. The molecule has 0 spiro atoms. The fourth-order valence-electron chi connectivity index (χ4n) is 2.78. The smallest absolute Gasteiger partial charge is 0.191 e. The quantitative estimate of drug-likeness (QED) is 0.569. The van der Waals surface area contributed by atoms with Gasteiger partial charge in [-0.3, -0.25) is 9.89 Å². The van der Waals surface area contributed by atoms with E-state index in [1.807, 2.05) is 13.1 Å². The first kappa shape index (κ1) is 18.5. The SMILES string of the molecule is CCN(CC)C(CNC(=NC)NCc1ccccc1)c1ccsc1. The summed E-state index contributed by atoms with van der Waals surface area (Å²) in [6, 6.07) is 13.0. The standard InChI is InChI=1S/C19H28N4S/c1-4-23(5-2)18(17-11-12-24-15-17)14-22-19(20-3)21-13-16-9-7-6-8-10-16/h6-12,15,18H,4-5,13-14H2,1-3H3,(H2,20,21,22). The van der Waals surface area contributed by atoms with Gasteiger partial charge in [0.25, 0.3) is 0 Å². The first-order valence-corrected chi connectivity index (χ1v) is 9.47. The summed E-state index contributed by atoms with van der Waals surface area (Å²) in [5.74, 6) is 0.839. The Balaban J connectivity index is 1.94. The van der Waals surface area contributed by atoms with Crippen molar-refractivity contribution in [2.24, 2.45) is 4.99 Å². The molecule has 1 unspecified atom stereocenters. The summed E-state index contributed by atoms with van der Waals surface area (Å²) >= 11 is 1.75. The Hall–Kier alpha value is -1.85. The lowest BCUT2D eigenvalue weighted by Crippen LogP contribution is -2.42. The lowest BCUT2D eigenvalue weighted by Gasteiger charge is -2.30. The average Bonchev–Trinajstić information content (AvgIpc) is 3.16. The van der Waals surface area contributed by atoms with Crippen LogP contribution in [0.4, 0.5) is 0 Å². The number of aliphatic imine (C=N–C) groups is 1. The highest BCUT2D eigenvalue weighted by Crippen LogP contribution is 2.22. The Morgan fingerprint density at radius 2 is 1.88 bits per heavy atom. The molecule has 130 valence electrons. The largest absolute Gasteiger partial charge is 0.354 e. The topological polar surface area (TPSA) is 39.7 Å². The van der Waals surface area contributed by atoms with Crippen LogP contribution in [0.5, 0.6) is 0 Å². The van der Waals surface area contributed by atoms with E-state index in [1.165, 1.54) is 11.1 Å². The third-order valence-corrected chi connectivity index (χ3v) is 4.87. The van der Waals surface area contributed by atoms with Crippen LogP contribution in [0, 0.1) is 0 Å². The zero-order chi connectivity index (χ0) is 17.2. The molecular weight excluding hydrogens is 316 g/mol. The van der Waals surface area contributed by atoms with E-state index < -0.39 is 0 Å². The molecule has 1 heterocycles. The first-order valence-electron chi connectivity index (χ1n) is 8.53. The molecule has 0 aliphatic heterocycles. The van der Waals surface area contributed by atoms with Crippen LogP contribution in [0.2, 0.25) is 0 Å². The van der Waals surface area contributed by atoms with Gasteiger partial charge in [-0.2, -0.15) is 11.3 Å². The van der Waals surface area contributed by atoms with E-state index in [0.717, 1.165) is 32.1 Å². The third-order valence-electron chi connectivity index (χ3n) is 4.17. The van der Waals surface area contributed by atoms with E-state index >= 15 is 0 Å². The van der Waals surface area contributed by atoms with Crippen LogP contribution < -0.4 is 10.6 Å².